The summed E-state index contributed by atoms with van der Waals surface area (Å²) in [6, 6.07) is 1.70. The molecule has 1 N–H and O–H groups in total. The molecule has 3 rings (SSSR count). The molecule has 1 heterocycles. The van der Waals surface area contributed by atoms with E-state index >= 15 is 0 Å². The molecule has 0 aliphatic heterocycles. The van der Waals surface area contributed by atoms with Gasteiger partial charge in [0.2, 0.25) is 5.91 Å². The van der Waals surface area contributed by atoms with Gasteiger partial charge in [-0.15, -0.1) is 11.3 Å². The van der Waals surface area contributed by atoms with Crippen LogP contribution in [0.25, 0.3) is 0 Å². The van der Waals surface area contributed by atoms with Crippen LogP contribution in [0.4, 0.5) is 5.69 Å². The number of hydrogen-bond acceptors (Lipinski definition) is 3. The van der Waals surface area contributed by atoms with Crippen LogP contribution in [0, 0.1) is 35.0 Å². The van der Waals surface area contributed by atoms with E-state index in [1.165, 1.54) is 12.8 Å². The van der Waals surface area contributed by atoms with Crippen LogP contribution < -0.4 is 4.90 Å². The highest BCUT2D eigenvalue weighted by Gasteiger charge is 2.56. The molecule has 1 unspecified atom stereocenters. The number of thiophene rings is 1. The van der Waals surface area contributed by atoms with Crippen molar-refractivity contribution in [3.63, 3.8) is 0 Å². The van der Waals surface area contributed by atoms with Gasteiger partial charge in [-0.2, -0.15) is 0 Å². The molecular formula is C22H29NO3S. The number of carboxylic acids is 1. The lowest BCUT2D eigenvalue weighted by atomic mass is 9.98. The topological polar surface area (TPSA) is 57.6 Å². The SMILES string of the molecule is CC(C)N(C(=O)C1[C@H]2CCCC[C@@H]12)c1cc(C#CC(C)(C)C)sc1C(=O)O. The molecule has 0 spiro atoms. The number of nitrogens with zero attached hydrogens (tertiary/aromatic N) is 1. The largest absolute Gasteiger partial charge is 0.477 e. The number of rotatable bonds is 4. The molecule has 0 radical (unpaired) electrons. The molecule has 0 saturated heterocycles. The Bertz CT molecular complexity index is 794. The highest BCUT2D eigenvalue weighted by Crippen LogP contribution is 2.56. The van der Waals surface area contributed by atoms with Gasteiger partial charge < -0.3 is 10.0 Å². The highest BCUT2D eigenvalue weighted by molar-refractivity contribution is 7.15. The van der Waals surface area contributed by atoms with E-state index in [0.717, 1.165) is 24.2 Å². The summed E-state index contributed by atoms with van der Waals surface area (Å²) in [4.78, 5) is 27.8. The second-order valence-corrected chi connectivity index (χ2v) is 10.1. The quantitative estimate of drug-likeness (QED) is 0.738. The lowest BCUT2D eigenvalue weighted by molar-refractivity contribution is -0.120. The van der Waals surface area contributed by atoms with Crippen molar-refractivity contribution < 1.29 is 14.7 Å². The second kappa shape index (κ2) is 7.31. The standard InChI is InChI=1S/C22H29NO3S/c1-13(2)23(20(24)18-15-8-6-7-9-16(15)18)17-12-14(10-11-22(3,4)5)27-19(17)21(25)26/h12-13,15-16,18H,6-9H2,1-5H3,(H,25,26)/t15-,16+,18?. The molecule has 5 heteroatoms. The minimum atomic E-state index is -0.995. The van der Waals surface area contributed by atoms with E-state index in [1.807, 2.05) is 34.6 Å². The lowest BCUT2D eigenvalue weighted by Gasteiger charge is -2.27. The van der Waals surface area contributed by atoms with E-state index in [4.69, 9.17) is 0 Å². The first-order valence-corrected chi connectivity index (χ1v) is 10.6. The molecule has 2 aliphatic carbocycles. The Hall–Kier alpha value is -1.80. The molecular weight excluding hydrogens is 358 g/mol. The fourth-order valence-electron chi connectivity index (χ4n) is 4.19. The van der Waals surface area contributed by atoms with Crippen molar-refractivity contribution in [2.75, 3.05) is 4.90 Å². The molecule has 1 aromatic rings. The minimum Gasteiger partial charge on any atom is -0.477 e. The van der Waals surface area contributed by atoms with E-state index in [1.54, 1.807) is 11.0 Å². The first-order chi connectivity index (χ1) is 12.6. The number of carboxylic acid groups (broad SMARTS) is 1. The monoisotopic (exact) mass is 387 g/mol. The summed E-state index contributed by atoms with van der Waals surface area (Å²) in [5, 5.41) is 9.70. The van der Waals surface area contributed by atoms with Gasteiger partial charge in [-0.25, -0.2) is 4.79 Å². The summed E-state index contributed by atoms with van der Waals surface area (Å²) >= 11 is 1.16. The van der Waals surface area contributed by atoms with Crippen LogP contribution in [0.1, 0.15) is 74.9 Å². The Labute approximate surface area is 166 Å². The van der Waals surface area contributed by atoms with E-state index in [2.05, 4.69) is 11.8 Å². The summed E-state index contributed by atoms with van der Waals surface area (Å²) in [6.07, 6.45) is 4.67. The number of aromatic carboxylic acids is 1. The normalized spacial score (nSPS) is 24.0. The third kappa shape index (κ3) is 4.21. The molecule has 2 aliphatic rings. The van der Waals surface area contributed by atoms with Crippen molar-refractivity contribution in [3.05, 3.63) is 15.8 Å². The van der Waals surface area contributed by atoms with Gasteiger partial charge in [0.15, 0.2) is 0 Å². The Kier molecular flexibility index (Phi) is 5.40. The molecule has 4 nitrogen and oxygen atoms in total. The zero-order valence-corrected chi connectivity index (χ0v) is 17.7. The Morgan fingerprint density at radius 1 is 1.22 bits per heavy atom. The third-order valence-corrected chi connectivity index (χ3v) is 6.45. The van der Waals surface area contributed by atoms with E-state index in [9.17, 15) is 14.7 Å². The molecule has 2 fully saturated rings. The maximum Gasteiger partial charge on any atom is 0.348 e. The van der Waals surface area contributed by atoms with Gasteiger partial charge in [0, 0.05) is 17.4 Å². The van der Waals surface area contributed by atoms with E-state index in [0.29, 0.717) is 22.4 Å². The van der Waals surface area contributed by atoms with Crippen LogP contribution in [-0.2, 0) is 4.79 Å². The summed E-state index contributed by atoms with van der Waals surface area (Å²) in [6.45, 7) is 9.96. The predicted molar refractivity (Wildman–Crippen MR) is 109 cm³/mol. The fourth-order valence-corrected chi connectivity index (χ4v) is 5.04. The Morgan fingerprint density at radius 3 is 2.30 bits per heavy atom. The first-order valence-electron chi connectivity index (χ1n) is 9.83. The maximum absolute atomic E-state index is 13.3. The van der Waals surface area contributed by atoms with Crippen molar-refractivity contribution in [1.82, 2.24) is 0 Å². The number of anilines is 1. The number of carbonyl (C=O) groups is 2. The van der Waals surface area contributed by atoms with Gasteiger partial charge in [-0.3, -0.25) is 4.79 Å². The number of fused-ring (bicyclic) bond motifs is 1. The molecule has 27 heavy (non-hydrogen) atoms. The first kappa shape index (κ1) is 19.9. The molecule has 3 atom stereocenters. The minimum absolute atomic E-state index is 0.0700. The summed E-state index contributed by atoms with van der Waals surface area (Å²) in [5.41, 5.74) is 0.347. The zero-order valence-electron chi connectivity index (χ0n) is 16.8. The fraction of sp³-hybridized carbons (Fsp3) is 0.636. The second-order valence-electron chi connectivity index (χ2n) is 9.07. The Balaban J connectivity index is 1.95. The van der Waals surface area contributed by atoms with Crippen molar-refractivity contribution in [3.8, 4) is 11.8 Å². The van der Waals surface area contributed by atoms with Crippen LogP contribution >= 0.6 is 11.3 Å². The van der Waals surface area contributed by atoms with E-state index < -0.39 is 5.97 Å². The molecule has 1 aromatic heterocycles. The van der Waals surface area contributed by atoms with Gasteiger partial charge in [0.1, 0.15) is 4.88 Å². The highest BCUT2D eigenvalue weighted by atomic mass is 32.1. The zero-order chi connectivity index (χ0) is 19.9. The van der Waals surface area contributed by atoms with Crippen LogP contribution in [0.2, 0.25) is 0 Å². The predicted octanol–water partition coefficient (Wildman–Crippen LogP) is 5.02. The van der Waals surface area contributed by atoms with Crippen molar-refractivity contribution in [1.29, 1.82) is 0 Å². The van der Waals surface area contributed by atoms with Crippen LogP contribution in [0.5, 0.6) is 0 Å². The number of amides is 1. The summed E-state index contributed by atoms with van der Waals surface area (Å²) in [5.74, 6) is 6.42. The smallest absolute Gasteiger partial charge is 0.348 e. The Morgan fingerprint density at radius 2 is 1.81 bits per heavy atom. The van der Waals surface area contributed by atoms with Crippen molar-refractivity contribution >= 4 is 28.9 Å². The molecule has 146 valence electrons. The van der Waals surface area contributed by atoms with Gasteiger partial charge >= 0.3 is 5.97 Å². The lowest BCUT2D eigenvalue weighted by Crippen LogP contribution is -2.39. The summed E-state index contributed by atoms with van der Waals surface area (Å²) in [7, 11) is 0. The van der Waals surface area contributed by atoms with Crippen molar-refractivity contribution in [2.45, 2.75) is 66.3 Å². The van der Waals surface area contributed by atoms with Gasteiger partial charge in [-0.1, -0.05) is 24.7 Å². The van der Waals surface area contributed by atoms with E-state index in [-0.39, 0.29) is 28.2 Å². The average molecular weight is 388 g/mol. The summed E-state index contributed by atoms with van der Waals surface area (Å²) < 4.78 is 0. The molecule has 0 aromatic carbocycles. The van der Waals surface area contributed by atoms with Gasteiger partial charge in [0.05, 0.1) is 10.6 Å². The molecule has 2 saturated carbocycles. The molecule has 0 bridgehead atoms. The van der Waals surface area contributed by atoms with Crippen molar-refractivity contribution in [2.24, 2.45) is 23.2 Å². The number of carbonyl (C=O) groups excluding carboxylic acids is 1. The number of hydrogen-bond donors (Lipinski definition) is 1. The third-order valence-electron chi connectivity index (χ3n) is 5.42. The van der Waals surface area contributed by atoms with Crippen LogP contribution in [0.15, 0.2) is 6.07 Å². The van der Waals surface area contributed by atoms with Crippen LogP contribution in [-0.4, -0.2) is 23.0 Å². The molecule has 1 amide bonds. The van der Waals surface area contributed by atoms with Crippen LogP contribution in [0.3, 0.4) is 0 Å². The van der Waals surface area contributed by atoms with Gasteiger partial charge in [0.25, 0.3) is 0 Å². The van der Waals surface area contributed by atoms with Gasteiger partial charge in [-0.05, 0) is 65.4 Å². The average Bonchev–Trinajstić information content (AvgIpc) is 3.15. The maximum atomic E-state index is 13.3.